The molecule has 2 saturated carbocycles. The zero-order valence-electron chi connectivity index (χ0n) is 50.9. The average Bonchev–Trinajstić information content (AvgIpc) is 1.59. The SMILES string of the molecule is COC(=O)[C@@]12C[C@H]1/C=C\CCCCC[C@H](Nc1ccc(C(F)(F)F)cc1)C(=O)N1C[C@H](Oc3nc4ccccc4s3)C[C@H]1C(=O)N2.O=C1N[C@]2(C(=O)O)C[C@H]2/C=C\CCCCC[C@H](Nc2ccc(C(F)(F)F)cc2)C(=O)N2C[C@H](Oc3nc4ccccc4s3)C[C@@H]12.[Na+].[OH-]. The number of alkyl halides is 6. The van der Waals surface area contributed by atoms with Crippen LogP contribution in [0.15, 0.2) is 121 Å². The smallest absolute Gasteiger partial charge is 0.870 e. The number of halogens is 6. The number of carboxylic acid groups (broad SMARTS) is 1. The number of methoxy groups -OCH3 is 1. The molecule has 4 fully saturated rings. The van der Waals surface area contributed by atoms with E-state index < -0.39 is 101 Å². The van der Waals surface area contributed by atoms with Crippen LogP contribution in [0, 0.1) is 11.8 Å². The molecule has 6 heterocycles. The summed E-state index contributed by atoms with van der Waals surface area (Å²) in [6, 6.07) is 20.5. The van der Waals surface area contributed by atoms with Gasteiger partial charge in [0, 0.05) is 36.1 Å². The van der Waals surface area contributed by atoms with Gasteiger partial charge in [-0.2, -0.15) is 26.3 Å². The quantitative estimate of drug-likeness (QED) is 0.0375. The largest absolute Gasteiger partial charge is 1.00 e. The Balaban J connectivity index is 0.000000215. The number of hydrogen-bond acceptors (Lipinski definition) is 16. The summed E-state index contributed by atoms with van der Waals surface area (Å²) in [4.78, 5) is 93.3. The molecule has 4 aromatic carbocycles. The average molecular weight is 1340 g/mol. The van der Waals surface area contributed by atoms with Crippen LogP contribution in [0.4, 0.5) is 37.7 Å². The number of esters is 1. The van der Waals surface area contributed by atoms with Gasteiger partial charge in [-0.05, 0) is 124 Å². The predicted molar refractivity (Wildman–Crippen MR) is 330 cm³/mol. The van der Waals surface area contributed by atoms with E-state index in [4.69, 9.17) is 14.2 Å². The summed E-state index contributed by atoms with van der Waals surface area (Å²) in [6.07, 6.45) is 5.48. The van der Waals surface area contributed by atoms with E-state index >= 15 is 0 Å². The van der Waals surface area contributed by atoms with Gasteiger partial charge in [0.25, 0.3) is 10.4 Å². The topological polar surface area (TPSA) is 261 Å². The number of ether oxygens (including phenoxy) is 3. The number of carbonyl (C=O) groups excluding carboxylic acids is 5. The minimum Gasteiger partial charge on any atom is -0.870 e. The molecule has 4 amide bonds. The van der Waals surface area contributed by atoms with Crippen molar-refractivity contribution in [3.63, 3.8) is 0 Å². The third-order valence-electron chi connectivity index (χ3n) is 17.6. The van der Waals surface area contributed by atoms with Crippen molar-refractivity contribution in [3.05, 3.63) is 132 Å². The first-order valence-corrected chi connectivity index (χ1v) is 32.1. The molecule has 93 heavy (non-hydrogen) atoms. The van der Waals surface area contributed by atoms with Crippen LogP contribution in [0.25, 0.3) is 20.4 Å². The number of nitrogens with zero attached hydrogens (tertiary/aromatic N) is 4. The summed E-state index contributed by atoms with van der Waals surface area (Å²) in [7, 11) is 1.28. The van der Waals surface area contributed by atoms with E-state index in [1.54, 1.807) is 0 Å². The van der Waals surface area contributed by atoms with E-state index in [0.717, 1.165) is 83.2 Å². The third kappa shape index (κ3) is 16.3. The van der Waals surface area contributed by atoms with Crippen LogP contribution in [-0.2, 0) is 45.9 Å². The van der Waals surface area contributed by atoms with E-state index in [1.165, 1.54) is 63.8 Å². The van der Waals surface area contributed by atoms with Crippen LogP contribution < -0.4 is 60.3 Å². The number of fused-ring (bicyclic) bond motifs is 6. The molecule has 4 aliphatic heterocycles. The van der Waals surface area contributed by atoms with Crippen LogP contribution in [0.5, 0.6) is 10.4 Å². The molecule has 10 atom stereocenters. The van der Waals surface area contributed by atoms with Crippen LogP contribution in [0.1, 0.15) is 101 Å². The molecule has 6 aromatic rings. The molecule has 2 aromatic heterocycles. The maximum Gasteiger partial charge on any atom is 1.00 e. The number of carbonyl (C=O) groups is 6. The minimum absolute atomic E-state index is 0. The number of carboxylic acids is 1. The number of aliphatic carboxylic acids is 1. The Morgan fingerprint density at radius 2 is 1.01 bits per heavy atom. The maximum absolute atomic E-state index is 14.3. The molecular formula is C65H69F6N8NaO11S2. The summed E-state index contributed by atoms with van der Waals surface area (Å²) in [6.45, 7) is 0.147. The number of benzene rings is 4. The summed E-state index contributed by atoms with van der Waals surface area (Å²) >= 11 is 2.71. The van der Waals surface area contributed by atoms with Gasteiger partial charge >= 0.3 is 53.8 Å². The van der Waals surface area contributed by atoms with Crippen molar-refractivity contribution < 1.29 is 109 Å². The molecule has 490 valence electrons. The number of anilines is 2. The van der Waals surface area contributed by atoms with Crippen molar-refractivity contribution in [2.75, 3.05) is 30.8 Å². The molecule has 2 aliphatic carbocycles. The van der Waals surface area contributed by atoms with Gasteiger partial charge in [0.2, 0.25) is 23.6 Å². The fraction of sp³-hybridized carbons (Fsp3) is 0.446. The molecule has 0 spiro atoms. The Kier molecular flexibility index (Phi) is 22.3. The van der Waals surface area contributed by atoms with Crippen LogP contribution in [0.3, 0.4) is 0 Å². The summed E-state index contributed by atoms with van der Waals surface area (Å²) in [5.74, 6) is -4.09. The molecule has 12 rings (SSSR count). The van der Waals surface area contributed by atoms with Crippen molar-refractivity contribution in [2.45, 2.75) is 150 Å². The molecule has 6 N–H and O–H groups in total. The predicted octanol–water partition coefficient (Wildman–Crippen LogP) is 8.16. The number of allylic oxidation sites excluding steroid dienone is 2. The molecule has 19 nitrogen and oxygen atoms in total. The summed E-state index contributed by atoms with van der Waals surface area (Å²) < 4.78 is 98.4. The van der Waals surface area contributed by atoms with Gasteiger partial charge in [-0.1, -0.05) is 96.9 Å². The van der Waals surface area contributed by atoms with Crippen molar-refractivity contribution >= 4 is 90.0 Å². The van der Waals surface area contributed by atoms with Crippen LogP contribution >= 0.6 is 22.7 Å². The van der Waals surface area contributed by atoms with Gasteiger partial charge in [-0.3, -0.25) is 19.2 Å². The van der Waals surface area contributed by atoms with Crippen molar-refractivity contribution in [3.8, 4) is 10.4 Å². The molecular weight excluding hydrogens is 1270 g/mol. The molecule has 2 saturated heterocycles. The second-order valence-electron chi connectivity index (χ2n) is 23.9. The standard InChI is InChI=1S/C33H35F3N4O5S.C32H33F3N4O5S.Na.H2O/c1-44-30(43)32-18-21(32)9-5-3-2-4-6-11-25(37-22-15-13-20(14-16-22)33(34,35)36)29(42)40-19-23(17-26(40)28(41)39-32)45-31-38-24-10-7-8-12-27(24)46-31;33-32(34,35)19-12-14-21(15-13-19)36-24-10-5-3-1-2-4-8-20-17-31(20,29(42)43)38-27(40)25-16-22(18-39(25)28(24)41)44-30-37-23-9-6-7-11-26(23)45-30;;/h5,7-10,12-16,21,23,25-26,37H,2-4,6,11,17-19H2,1H3,(H,39,41);4,6-9,11-15,20,22,24-25,36H,1-3,5,10,16-18H2,(H,38,40)(H,42,43);;1H2/q;;+1;/p-1/b9-5-;8-4-;;/t21-,23-,25+,26+,32-;20-,22-,24+,25+,31-;;/m11../s1. The molecule has 0 unspecified atom stereocenters. The number of amides is 4. The van der Waals surface area contributed by atoms with E-state index in [0.29, 0.717) is 53.9 Å². The maximum atomic E-state index is 14.3. The molecule has 28 heteroatoms. The monoisotopic (exact) mass is 1340 g/mol. The van der Waals surface area contributed by atoms with Gasteiger partial charge in [-0.25, -0.2) is 19.6 Å². The zero-order chi connectivity index (χ0) is 64.2. The van der Waals surface area contributed by atoms with Gasteiger partial charge in [0.1, 0.15) is 47.5 Å². The third-order valence-corrected chi connectivity index (χ3v) is 19.5. The fourth-order valence-corrected chi connectivity index (χ4v) is 14.2. The Bertz CT molecular complexity index is 3660. The first-order valence-electron chi connectivity index (χ1n) is 30.4. The van der Waals surface area contributed by atoms with Crippen molar-refractivity contribution in [1.29, 1.82) is 0 Å². The van der Waals surface area contributed by atoms with Gasteiger partial charge in [0.05, 0.1) is 51.8 Å². The molecule has 0 bridgehead atoms. The first kappa shape index (κ1) is 70.0. The van der Waals surface area contributed by atoms with E-state index in [2.05, 4.69) is 31.2 Å². The number of para-hydroxylation sites is 2. The Morgan fingerprint density at radius 3 is 1.42 bits per heavy atom. The van der Waals surface area contributed by atoms with Gasteiger partial charge in [0.15, 0.2) is 0 Å². The van der Waals surface area contributed by atoms with Crippen molar-refractivity contribution in [1.82, 2.24) is 30.4 Å². The number of rotatable bonds is 10. The number of aromatic nitrogens is 2. The molecule has 6 aliphatic rings. The molecule has 0 radical (unpaired) electrons. The zero-order valence-corrected chi connectivity index (χ0v) is 54.6. The second-order valence-corrected chi connectivity index (χ2v) is 25.9. The number of nitrogens with one attached hydrogen (secondary N) is 4. The van der Waals surface area contributed by atoms with E-state index in [9.17, 15) is 60.2 Å². The number of hydrogen-bond donors (Lipinski definition) is 5. The van der Waals surface area contributed by atoms with Crippen molar-refractivity contribution in [2.24, 2.45) is 11.8 Å². The Hall–Kier alpha value is -7.30. The van der Waals surface area contributed by atoms with Crippen LogP contribution in [0.2, 0.25) is 0 Å². The first-order chi connectivity index (χ1) is 43.6. The van der Waals surface area contributed by atoms with Gasteiger partial charge in [-0.15, -0.1) is 0 Å². The summed E-state index contributed by atoms with van der Waals surface area (Å²) in [5.41, 5.74) is -1.99. The fourth-order valence-electron chi connectivity index (χ4n) is 12.5. The minimum atomic E-state index is -4.49. The Labute approximate surface area is 561 Å². The van der Waals surface area contributed by atoms with Crippen LogP contribution in [-0.4, -0.2) is 134 Å². The Morgan fingerprint density at radius 1 is 0.602 bits per heavy atom. The van der Waals surface area contributed by atoms with E-state index in [-0.39, 0.29) is 85.1 Å². The summed E-state index contributed by atoms with van der Waals surface area (Å²) in [5, 5.41) is 22.8. The number of thiazole rings is 2. The van der Waals surface area contributed by atoms with E-state index in [1.807, 2.05) is 72.8 Å². The normalized spacial score (nSPS) is 27.5. The second kappa shape index (κ2) is 29.6. The van der Waals surface area contributed by atoms with Gasteiger partial charge < -0.3 is 55.9 Å².